The van der Waals surface area contributed by atoms with Crippen LogP contribution in [-0.2, 0) is 0 Å². The zero-order valence-corrected chi connectivity index (χ0v) is 10.8. The first-order chi connectivity index (χ1) is 6.02. The maximum Gasteiger partial charge on any atom is 0.132 e. The Morgan fingerprint density at radius 3 is 2.08 bits per heavy atom. The quantitative estimate of drug-likeness (QED) is 0.773. The lowest BCUT2D eigenvalue weighted by Gasteiger charge is -2.18. The van der Waals surface area contributed by atoms with Gasteiger partial charge in [-0.1, -0.05) is 0 Å². The van der Waals surface area contributed by atoms with Crippen LogP contribution in [0, 0.1) is 0 Å². The summed E-state index contributed by atoms with van der Waals surface area (Å²) in [6.45, 7) is 0. The lowest BCUT2D eigenvalue weighted by atomic mass is 10.4. The van der Waals surface area contributed by atoms with Gasteiger partial charge in [-0.15, -0.1) is 46.4 Å². The van der Waals surface area contributed by atoms with E-state index < -0.39 is 15.7 Å². The zero-order chi connectivity index (χ0) is 10.0. The van der Waals surface area contributed by atoms with E-state index in [0.29, 0.717) is 0 Å². The van der Waals surface area contributed by atoms with Crippen LogP contribution in [0.25, 0.3) is 0 Å². The first kappa shape index (κ1) is 11.9. The predicted octanol–water partition coefficient (Wildman–Crippen LogP) is 3.79. The van der Waals surface area contributed by atoms with Gasteiger partial charge in [0.1, 0.15) is 15.7 Å². The van der Waals surface area contributed by atoms with Crippen molar-refractivity contribution in [1.29, 1.82) is 0 Å². The summed E-state index contributed by atoms with van der Waals surface area (Å²) in [7, 11) is 0. The molecule has 74 valence electrons. The van der Waals surface area contributed by atoms with E-state index in [1.165, 1.54) is 4.68 Å². The molecular weight excluding hydrogens is 322 g/mol. The van der Waals surface area contributed by atoms with Gasteiger partial charge in [0.05, 0.1) is 10.7 Å². The molecule has 1 heterocycles. The highest BCUT2D eigenvalue weighted by molar-refractivity contribution is 9.10. The lowest BCUT2D eigenvalue weighted by Crippen LogP contribution is -2.22. The first-order valence-electron chi connectivity index (χ1n) is 3.28. The summed E-state index contributed by atoms with van der Waals surface area (Å²) in [5, 5.41) is 3.99. The molecule has 1 aromatic rings. The molecule has 0 fully saturated rings. The number of halogens is 5. The largest absolute Gasteiger partial charge is 0.263 e. The lowest BCUT2D eigenvalue weighted by molar-refractivity contribution is 0.506. The van der Waals surface area contributed by atoms with E-state index in [4.69, 9.17) is 46.4 Å². The molecule has 0 aliphatic carbocycles. The normalized spacial score (nSPS) is 12.0. The summed E-state index contributed by atoms with van der Waals surface area (Å²) < 4.78 is 2.35. The van der Waals surface area contributed by atoms with Gasteiger partial charge in [-0.3, -0.25) is 4.68 Å². The Hall–Kier alpha value is 0.850. The molecule has 7 heteroatoms. The van der Waals surface area contributed by atoms with Crippen molar-refractivity contribution in [3.8, 4) is 0 Å². The number of alkyl halides is 4. The molecule has 0 aromatic carbocycles. The molecule has 0 N–H and O–H groups in total. The van der Waals surface area contributed by atoms with Crippen molar-refractivity contribution >= 4 is 62.3 Å². The van der Waals surface area contributed by atoms with Crippen LogP contribution in [0.15, 0.2) is 16.9 Å². The zero-order valence-electron chi connectivity index (χ0n) is 6.17. The molecule has 0 unspecified atom stereocenters. The number of rotatable bonds is 3. The minimum absolute atomic E-state index is 0.446. The van der Waals surface area contributed by atoms with Crippen LogP contribution in [0.5, 0.6) is 0 Å². The van der Waals surface area contributed by atoms with Crippen LogP contribution in [0.4, 0.5) is 0 Å². The Bertz CT molecular complexity index is 267. The van der Waals surface area contributed by atoms with Crippen molar-refractivity contribution in [2.75, 3.05) is 0 Å². The van der Waals surface area contributed by atoms with Crippen molar-refractivity contribution in [1.82, 2.24) is 9.78 Å². The van der Waals surface area contributed by atoms with Crippen LogP contribution in [0.3, 0.4) is 0 Å². The van der Waals surface area contributed by atoms with Gasteiger partial charge in [-0.2, -0.15) is 5.10 Å². The molecule has 0 amide bonds. The Labute approximate surface area is 104 Å². The first-order valence-corrected chi connectivity index (χ1v) is 5.82. The Morgan fingerprint density at radius 1 is 1.23 bits per heavy atom. The highest BCUT2D eigenvalue weighted by Crippen LogP contribution is 2.30. The van der Waals surface area contributed by atoms with Crippen molar-refractivity contribution in [2.45, 2.75) is 15.7 Å². The molecule has 1 rings (SSSR count). The summed E-state index contributed by atoms with van der Waals surface area (Å²) in [6.07, 6.45) is 3.32. The van der Waals surface area contributed by atoms with E-state index in [1.54, 1.807) is 12.4 Å². The van der Waals surface area contributed by atoms with Crippen molar-refractivity contribution in [2.24, 2.45) is 0 Å². The molecule has 0 saturated heterocycles. The van der Waals surface area contributed by atoms with Crippen molar-refractivity contribution < 1.29 is 0 Å². The Morgan fingerprint density at radius 2 is 1.77 bits per heavy atom. The van der Waals surface area contributed by atoms with Gasteiger partial charge < -0.3 is 0 Å². The summed E-state index contributed by atoms with van der Waals surface area (Å²) >= 11 is 26.1. The van der Waals surface area contributed by atoms with E-state index >= 15 is 0 Å². The van der Waals surface area contributed by atoms with Crippen molar-refractivity contribution in [3.63, 3.8) is 0 Å². The molecule has 2 nitrogen and oxygen atoms in total. The number of hydrogen-bond acceptors (Lipinski definition) is 1. The third-order valence-corrected chi connectivity index (χ3v) is 2.83. The standard InChI is InChI=1S/C6H5BrCl4N2/c7-3-1-12-13(2-3)4(5(8)9)6(10)11/h1-2,4-6H. The van der Waals surface area contributed by atoms with Gasteiger partial charge in [0.15, 0.2) is 0 Å². The molecule has 0 radical (unpaired) electrons. The highest BCUT2D eigenvalue weighted by Gasteiger charge is 2.26. The summed E-state index contributed by atoms with van der Waals surface area (Å²) in [6, 6.07) is -0.446. The molecule has 0 spiro atoms. The fraction of sp³-hybridized carbons (Fsp3) is 0.500. The van der Waals surface area contributed by atoms with Crippen LogP contribution in [-0.4, -0.2) is 19.5 Å². The van der Waals surface area contributed by atoms with Gasteiger partial charge in [-0.25, -0.2) is 0 Å². The maximum atomic E-state index is 5.70. The average Bonchev–Trinajstić information content (AvgIpc) is 2.34. The van der Waals surface area contributed by atoms with Gasteiger partial charge in [0.25, 0.3) is 0 Å². The Balaban J connectivity index is 2.88. The summed E-state index contributed by atoms with van der Waals surface area (Å²) in [5.74, 6) is 0. The third-order valence-electron chi connectivity index (χ3n) is 1.39. The number of nitrogens with zero attached hydrogens (tertiary/aromatic N) is 2. The van der Waals surface area contributed by atoms with Gasteiger partial charge >= 0.3 is 0 Å². The van der Waals surface area contributed by atoms with Crippen LogP contribution < -0.4 is 0 Å². The molecule has 0 atom stereocenters. The number of aromatic nitrogens is 2. The second-order valence-corrected chi connectivity index (χ2v) is 5.54. The van der Waals surface area contributed by atoms with Gasteiger partial charge in [-0.05, 0) is 15.9 Å². The van der Waals surface area contributed by atoms with Gasteiger partial charge in [0, 0.05) is 6.20 Å². The van der Waals surface area contributed by atoms with E-state index in [-0.39, 0.29) is 0 Å². The molecule has 1 aromatic heterocycles. The molecule has 0 bridgehead atoms. The minimum atomic E-state index is -0.702. The Kier molecular flexibility index (Phi) is 4.66. The fourth-order valence-electron chi connectivity index (χ4n) is 0.819. The van der Waals surface area contributed by atoms with E-state index in [0.717, 1.165) is 4.47 Å². The van der Waals surface area contributed by atoms with E-state index in [1.807, 2.05) is 0 Å². The number of hydrogen-bond donors (Lipinski definition) is 0. The monoisotopic (exact) mass is 324 g/mol. The maximum absolute atomic E-state index is 5.70. The SMILES string of the molecule is ClC(Cl)C(C(Cl)Cl)n1cc(Br)cn1. The molecule has 0 aliphatic rings. The van der Waals surface area contributed by atoms with Crippen LogP contribution in [0.2, 0.25) is 0 Å². The second-order valence-electron chi connectivity index (χ2n) is 2.30. The molecular formula is C6H5BrCl4N2. The minimum Gasteiger partial charge on any atom is -0.263 e. The molecule has 0 aliphatic heterocycles. The highest BCUT2D eigenvalue weighted by atomic mass is 79.9. The summed E-state index contributed by atoms with van der Waals surface area (Å²) in [4.78, 5) is -1.40. The summed E-state index contributed by atoms with van der Waals surface area (Å²) in [5.41, 5.74) is 0. The smallest absolute Gasteiger partial charge is 0.132 e. The van der Waals surface area contributed by atoms with E-state index in [9.17, 15) is 0 Å². The van der Waals surface area contributed by atoms with Crippen LogP contribution >= 0.6 is 62.3 Å². The molecule has 13 heavy (non-hydrogen) atoms. The predicted molar refractivity (Wildman–Crippen MR) is 60.0 cm³/mol. The van der Waals surface area contributed by atoms with Gasteiger partial charge in [0.2, 0.25) is 0 Å². The van der Waals surface area contributed by atoms with E-state index in [2.05, 4.69) is 21.0 Å². The third kappa shape index (κ3) is 3.17. The molecule has 0 saturated carbocycles. The fourth-order valence-corrected chi connectivity index (χ4v) is 2.46. The topological polar surface area (TPSA) is 17.8 Å². The average molecular weight is 327 g/mol. The second kappa shape index (κ2) is 5.08. The van der Waals surface area contributed by atoms with Crippen molar-refractivity contribution in [3.05, 3.63) is 16.9 Å². The van der Waals surface area contributed by atoms with Crippen LogP contribution in [0.1, 0.15) is 6.04 Å².